The number of carboxylic acids is 1. The molecule has 8 heteroatoms. The number of carboxylic acid groups (broad SMARTS) is 1. The molecule has 146 valence electrons. The van der Waals surface area contributed by atoms with Gasteiger partial charge in [-0.05, 0) is 37.1 Å². The molecule has 0 unspecified atom stereocenters. The first-order valence-electron chi connectivity index (χ1n) is 8.66. The van der Waals surface area contributed by atoms with Gasteiger partial charge in [-0.3, -0.25) is 9.59 Å². The van der Waals surface area contributed by atoms with E-state index in [1.54, 1.807) is 6.92 Å². The third-order valence-corrected chi connectivity index (χ3v) is 3.67. The lowest BCUT2D eigenvalue weighted by Gasteiger charge is -2.08. The Kier molecular flexibility index (Phi) is 7.71. The fraction of sp³-hybridized carbons (Fsp3) is 0.200. The second-order valence-corrected chi connectivity index (χ2v) is 5.68. The molecule has 2 rings (SSSR count). The van der Waals surface area contributed by atoms with Gasteiger partial charge in [-0.2, -0.15) is 5.10 Å². The Morgan fingerprint density at radius 3 is 2.54 bits per heavy atom. The van der Waals surface area contributed by atoms with Crippen LogP contribution in [0.1, 0.15) is 28.4 Å². The number of nitrogens with one attached hydrogen (secondary N) is 2. The zero-order chi connectivity index (χ0) is 20.4. The van der Waals surface area contributed by atoms with Crippen LogP contribution in [0.25, 0.3) is 0 Å². The highest BCUT2D eigenvalue weighted by molar-refractivity contribution is 6.35. The molecule has 0 aliphatic carbocycles. The van der Waals surface area contributed by atoms with E-state index >= 15 is 0 Å². The molecule has 0 aliphatic heterocycles. The SMILES string of the molecule is CCOc1ccc(C(=O)O)cc1/C=N\NC(=O)C(=O)NCCc1ccccc1. The first kappa shape index (κ1) is 20.6. The van der Waals surface area contributed by atoms with E-state index in [0.29, 0.717) is 30.9 Å². The normalized spacial score (nSPS) is 10.5. The molecular weight excluding hydrogens is 362 g/mol. The van der Waals surface area contributed by atoms with E-state index in [9.17, 15) is 14.4 Å². The molecule has 0 heterocycles. The van der Waals surface area contributed by atoms with Crippen molar-refractivity contribution in [3.05, 3.63) is 65.2 Å². The number of amides is 2. The van der Waals surface area contributed by atoms with Gasteiger partial charge in [-0.1, -0.05) is 30.3 Å². The van der Waals surface area contributed by atoms with Crippen molar-refractivity contribution in [1.29, 1.82) is 0 Å². The summed E-state index contributed by atoms with van der Waals surface area (Å²) in [5.74, 6) is -2.41. The quantitative estimate of drug-likeness (QED) is 0.364. The number of aromatic carboxylic acids is 1. The van der Waals surface area contributed by atoms with E-state index in [-0.39, 0.29) is 5.56 Å². The number of rotatable bonds is 8. The lowest BCUT2D eigenvalue weighted by atomic mass is 10.1. The fourth-order valence-corrected chi connectivity index (χ4v) is 2.33. The molecule has 0 bridgehead atoms. The predicted molar refractivity (Wildman–Crippen MR) is 103 cm³/mol. The van der Waals surface area contributed by atoms with Crippen molar-refractivity contribution in [2.45, 2.75) is 13.3 Å². The summed E-state index contributed by atoms with van der Waals surface area (Å²) >= 11 is 0. The molecule has 0 fully saturated rings. The van der Waals surface area contributed by atoms with Crippen LogP contribution in [-0.4, -0.2) is 42.3 Å². The van der Waals surface area contributed by atoms with E-state index < -0.39 is 17.8 Å². The Hall–Kier alpha value is -3.68. The van der Waals surface area contributed by atoms with E-state index in [2.05, 4.69) is 15.8 Å². The van der Waals surface area contributed by atoms with Crippen molar-refractivity contribution < 1.29 is 24.2 Å². The Morgan fingerprint density at radius 2 is 1.86 bits per heavy atom. The summed E-state index contributed by atoms with van der Waals surface area (Å²) < 4.78 is 5.40. The van der Waals surface area contributed by atoms with Crippen molar-refractivity contribution >= 4 is 24.0 Å². The summed E-state index contributed by atoms with van der Waals surface area (Å²) in [6.45, 7) is 2.48. The van der Waals surface area contributed by atoms with Gasteiger partial charge in [0.15, 0.2) is 0 Å². The topological polar surface area (TPSA) is 117 Å². The highest BCUT2D eigenvalue weighted by Gasteiger charge is 2.12. The molecule has 3 N–H and O–H groups in total. The number of benzene rings is 2. The van der Waals surface area contributed by atoms with Crippen LogP contribution in [0.15, 0.2) is 53.6 Å². The Labute approximate surface area is 162 Å². The minimum absolute atomic E-state index is 0.0508. The first-order chi connectivity index (χ1) is 13.5. The van der Waals surface area contributed by atoms with Crippen LogP contribution in [0.3, 0.4) is 0 Å². The minimum Gasteiger partial charge on any atom is -0.493 e. The number of ether oxygens (including phenoxy) is 1. The van der Waals surface area contributed by atoms with Crippen molar-refractivity contribution in [3.63, 3.8) is 0 Å². The molecule has 2 aromatic carbocycles. The number of carbonyl (C=O) groups excluding carboxylic acids is 2. The monoisotopic (exact) mass is 383 g/mol. The zero-order valence-corrected chi connectivity index (χ0v) is 15.3. The van der Waals surface area contributed by atoms with Crippen LogP contribution in [0.2, 0.25) is 0 Å². The molecule has 8 nitrogen and oxygen atoms in total. The van der Waals surface area contributed by atoms with Gasteiger partial charge in [0.05, 0.1) is 18.4 Å². The molecule has 0 saturated heterocycles. The van der Waals surface area contributed by atoms with Gasteiger partial charge in [-0.25, -0.2) is 10.2 Å². The van der Waals surface area contributed by atoms with Gasteiger partial charge < -0.3 is 15.2 Å². The average molecular weight is 383 g/mol. The third kappa shape index (κ3) is 6.24. The minimum atomic E-state index is -1.10. The number of hydrazone groups is 1. The summed E-state index contributed by atoms with van der Waals surface area (Å²) in [5, 5.41) is 15.3. The lowest BCUT2D eigenvalue weighted by Crippen LogP contribution is -2.38. The summed E-state index contributed by atoms with van der Waals surface area (Å²) in [6, 6.07) is 13.8. The first-order valence-corrected chi connectivity index (χ1v) is 8.66. The third-order valence-electron chi connectivity index (χ3n) is 3.67. The predicted octanol–water partition coefficient (Wildman–Crippen LogP) is 1.59. The van der Waals surface area contributed by atoms with Crippen molar-refractivity contribution in [2.75, 3.05) is 13.2 Å². The molecule has 28 heavy (non-hydrogen) atoms. The maximum Gasteiger partial charge on any atom is 0.335 e. The Bertz CT molecular complexity index is 865. The largest absolute Gasteiger partial charge is 0.493 e. The summed E-state index contributed by atoms with van der Waals surface area (Å²) in [7, 11) is 0. The van der Waals surface area contributed by atoms with Gasteiger partial charge in [0.1, 0.15) is 5.75 Å². The van der Waals surface area contributed by atoms with E-state index in [1.165, 1.54) is 24.4 Å². The Morgan fingerprint density at radius 1 is 1.11 bits per heavy atom. The van der Waals surface area contributed by atoms with Crippen molar-refractivity contribution in [2.24, 2.45) is 5.10 Å². The van der Waals surface area contributed by atoms with Crippen LogP contribution >= 0.6 is 0 Å². The molecule has 2 amide bonds. The second kappa shape index (κ2) is 10.5. The smallest absolute Gasteiger partial charge is 0.335 e. The van der Waals surface area contributed by atoms with Crippen molar-refractivity contribution in [1.82, 2.24) is 10.7 Å². The van der Waals surface area contributed by atoms with Crippen molar-refractivity contribution in [3.8, 4) is 5.75 Å². The molecule has 0 atom stereocenters. The fourth-order valence-electron chi connectivity index (χ4n) is 2.33. The van der Waals surface area contributed by atoms with E-state index in [0.717, 1.165) is 5.56 Å². The van der Waals surface area contributed by atoms with Crippen LogP contribution in [0.4, 0.5) is 0 Å². The summed E-state index contributed by atoms with van der Waals surface area (Å²) in [6.07, 6.45) is 1.83. The van der Waals surface area contributed by atoms with Crippen LogP contribution < -0.4 is 15.5 Å². The molecular formula is C20H21N3O5. The van der Waals surface area contributed by atoms with Gasteiger partial charge in [0.2, 0.25) is 0 Å². The molecule has 0 aliphatic rings. The number of nitrogens with zero attached hydrogens (tertiary/aromatic N) is 1. The highest BCUT2D eigenvalue weighted by atomic mass is 16.5. The van der Waals surface area contributed by atoms with E-state index in [1.807, 2.05) is 30.3 Å². The maximum absolute atomic E-state index is 11.8. The van der Waals surface area contributed by atoms with Gasteiger partial charge >= 0.3 is 17.8 Å². The summed E-state index contributed by atoms with van der Waals surface area (Å²) in [5.41, 5.74) is 3.58. The molecule has 0 radical (unpaired) electrons. The summed E-state index contributed by atoms with van der Waals surface area (Å²) in [4.78, 5) is 34.7. The van der Waals surface area contributed by atoms with Gasteiger partial charge in [0, 0.05) is 12.1 Å². The van der Waals surface area contributed by atoms with E-state index in [4.69, 9.17) is 9.84 Å². The second-order valence-electron chi connectivity index (χ2n) is 5.68. The zero-order valence-electron chi connectivity index (χ0n) is 15.3. The Balaban J connectivity index is 1.90. The van der Waals surface area contributed by atoms with Crippen LogP contribution in [0.5, 0.6) is 5.75 Å². The highest BCUT2D eigenvalue weighted by Crippen LogP contribution is 2.18. The maximum atomic E-state index is 11.8. The van der Waals surface area contributed by atoms with Crippen LogP contribution in [0, 0.1) is 0 Å². The molecule has 0 aromatic heterocycles. The van der Waals surface area contributed by atoms with Crippen LogP contribution in [-0.2, 0) is 16.0 Å². The molecule has 2 aromatic rings. The molecule has 0 spiro atoms. The van der Waals surface area contributed by atoms with Gasteiger partial charge in [0.25, 0.3) is 0 Å². The number of hydrogen-bond acceptors (Lipinski definition) is 5. The number of hydrogen-bond donors (Lipinski definition) is 3. The standard InChI is InChI=1S/C20H21N3O5/c1-2-28-17-9-8-15(20(26)27)12-16(17)13-22-23-19(25)18(24)21-11-10-14-6-4-3-5-7-14/h3-9,12-13H,2,10-11H2,1H3,(H,21,24)(H,23,25)(H,26,27)/b22-13-. The number of carbonyl (C=O) groups is 3. The average Bonchev–Trinajstić information content (AvgIpc) is 2.69. The molecule has 0 saturated carbocycles. The van der Waals surface area contributed by atoms with Gasteiger partial charge in [-0.15, -0.1) is 0 Å². The lowest BCUT2D eigenvalue weighted by molar-refractivity contribution is -0.139.